The zero-order chi connectivity index (χ0) is 15.5. The predicted molar refractivity (Wildman–Crippen MR) is 74.8 cm³/mol. The molecule has 1 atom stereocenters. The fourth-order valence-corrected chi connectivity index (χ4v) is 2.41. The highest BCUT2D eigenvalue weighted by molar-refractivity contribution is 5.95. The van der Waals surface area contributed by atoms with Crippen molar-refractivity contribution in [3.63, 3.8) is 0 Å². The van der Waals surface area contributed by atoms with E-state index in [2.05, 4.69) is 20.1 Å². The van der Waals surface area contributed by atoms with Gasteiger partial charge in [0.15, 0.2) is 11.9 Å². The molecule has 0 spiro atoms. The van der Waals surface area contributed by atoms with Crippen molar-refractivity contribution < 1.29 is 14.3 Å². The second-order valence-electron chi connectivity index (χ2n) is 4.95. The number of rotatable bonds is 3. The number of carbonyl (C=O) groups is 2. The molecule has 22 heavy (non-hydrogen) atoms. The molecule has 1 fully saturated rings. The van der Waals surface area contributed by atoms with Gasteiger partial charge in [0.1, 0.15) is 0 Å². The molecular weight excluding hydrogens is 286 g/mol. The lowest BCUT2D eigenvalue weighted by Crippen LogP contribution is -2.34. The third-order valence-corrected chi connectivity index (χ3v) is 3.53. The van der Waals surface area contributed by atoms with Gasteiger partial charge in [-0.3, -0.25) is 4.79 Å². The number of aromatic nitrogens is 4. The van der Waals surface area contributed by atoms with Gasteiger partial charge in [-0.2, -0.15) is 4.80 Å². The molecule has 1 aliphatic rings. The molecule has 114 valence electrons. The van der Waals surface area contributed by atoms with E-state index in [9.17, 15) is 9.59 Å². The molecule has 0 bridgehead atoms. The Bertz CT molecular complexity index is 685. The number of benzene rings is 1. The Morgan fingerprint density at radius 1 is 1.36 bits per heavy atom. The van der Waals surface area contributed by atoms with Crippen LogP contribution >= 0.6 is 0 Å². The van der Waals surface area contributed by atoms with Gasteiger partial charge in [0.25, 0.3) is 5.91 Å². The summed E-state index contributed by atoms with van der Waals surface area (Å²) in [5, 5.41) is 12.2. The van der Waals surface area contributed by atoms with Gasteiger partial charge < -0.3 is 4.74 Å². The van der Waals surface area contributed by atoms with Crippen LogP contribution in [0.3, 0.4) is 0 Å². The molecule has 0 aliphatic carbocycles. The van der Waals surface area contributed by atoms with Gasteiger partial charge in [-0.15, -0.1) is 10.2 Å². The van der Waals surface area contributed by atoms with E-state index in [-0.39, 0.29) is 5.91 Å². The third-order valence-electron chi connectivity index (χ3n) is 3.53. The van der Waals surface area contributed by atoms with Crippen LogP contribution in [0.15, 0.2) is 30.3 Å². The van der Waals surface area contributed by atoms with Gasteiger partial charge in [0, 0.05) is 13.0 Å². The van der Waals surface area contributed by atoms with Gasteiger partial charge in [-0.1, -0.05) is 30.3 Å². The van der Waals surface area contributed by atoms with Crippen LogP contribution in [0.25, 0.3) is 0 Å². The lowest BCUT2D eigenvalue weighted by atomic mass is 10.1. The second-order valence-corrected chi connectivity index (χ2v) is 4.95. The number of imide groups is 1. The van der Waals surface area contributed by atoms with Gasteiger partial charge in [-0.05, 0) is 17.2 Å². The maximum atomic E-state index is 12.2. The number of ether oxygens (including phenoxy) is 1. The lowest BCUT2D eigenvalue weighted by molar-refractivity contribution is -0.129. The highest BCUT2D eigenvalue weighted by atomic mass is 16.5. The van der Waals surface area contributed by atoms with Crippen LogP contribution in [0.5, 0.6) is 0 Å². The largest absolute Gasteiger partial charge is 0.452 e. The molecular formula is C14H15N5O3. The number of tetrazole rings is 1. The molecule has 3 rings (SSSR count). The Balaban J connectivity index is 1.72. The van der Waals surface area contributed by atoms with Crippen LogP contribution in [0.4, 0.5) is 4.79 Å². The number of nitrogens with zero attached hydrogens (tertiary/aromatic N) is 5. The van der Waals surface area contributed by atoms with Crippen LogP contribution in [0.1, 0.15) is 23.9 Å². The van der Waals surface area contributed by atoms with Gasteiger partial charge in [-0.25, -0.2) is 9.69 Å². The van der Waals surface area contributed by atoms with Gasteiger partial charge in [0.2, 0.25) is 0 Å². The topological polar surface area (TPSA) is 90.2 Å². The van der Waals surface area contributed by atoms with Crippen LogP contribution in [0.2, 0.25) is 0 Å². The van der Waals surface area contributed by atoms with Crippen LogP contribution in [-0.2, 0) is 16.0 Å². The summed E-state index contributed by atoms with van der Waals surface area (Å²) in [6, 6.07) is 9.16. The summed E-state index contributed by atoms with van der Waals surface area (Å²) in [4.78, 5) is 26.0. The van der Waals surface area contributed by atoms with E-state index in [4.69, 9.17) is 0 Å². The van der Waals surface area contributed by atoms with Gasteiger partial charge >= 0.3 is 6.09 Å². The summed E-state index contributed by atoms with van der Waals surface area (Å²) in [6.45, 7) is 0.297. The first kappa shape index (κ1) is 14.2. The molecule has 1 saturated heterocycles. The standard InChI is InChI=1S/C14H15N5O3/c1-22-14(21)18-8-7-11(13(18)20)19-16-12(15-17-19)9-10-5-3-2-4-6-10/h2-6,11H,7-9H2,1H3. The smallest absolute Gasteiger partial charge is 0.416 e. The molecule has 2 heterocycles. The molecule has 0 N–H and O–H groups in total. The summed E-state index contributed by atoms with van der Waals surface area (Å²) >= 11 is 0. The zero-order valence-corrected chi connectivity index (χ0v) is 12.0. The summed E-state index contributed by atoms with van der Waals surface area (Å²) in [7, 11) is 1.24. The van der Waals surface area contributed by atoms with Crippen molar-refractivity contribution in [1.29, 1.82) is 0 Å². The van der Waals surface area contributed by atoms with Crippen LogP contribution in [-0.4, -0.2) is 50.8 Å². The molecule has 8 nitrogen and oxygen atoms in total. The van der Waals surface area contributed by atoms with E-state index in [1.165, 1.54) is 11.9 Å². The third kappa shape index (κ3) is 2.67. The van der Waals surface area contributed by atoms with Crippen LogP contribution < -0.4 is 0 Å². The number of carbonyl (C=O) groups excluding carboxylic acids is 2. The van der Waals surface area contributed by atoms with Crippen molar-refractivity contribution in [1.82, 2.24) is 25.1 Å². The fourth-order valence-electron chi connectivity index (χ4n) is 2.41. The zero-order valence-electron chi connectivity index (χ0n) is 12.0. The second kappa shape index (κ2) is 5.92. The molecule has 2 amide bonds. The number of methoxy groups -OCH3 is 1. The summed E-state index contributed by atoms with van der Waals surface area (Å²) in [5.74, 6) is 0.172. The maximum Gasteiger partial charge on any atom is 0.416 e. The van der Waals surface area contributed by atoms with E-state index in [1.807, 2.05) is 30.3 Å². The number of likely N-dealkylation sites (tertiary alicyclic amines) is 1. The minimum Gasteiger partial charge on any atom is -0.452 e. The first-order chi connectivity index (χ1) is 10.7. The van der Waals surface area contributed by atoms with Crippen molar-refractivity contribution in [3.05, 3.63) is 41.7 Å². The molecule has 0 radical (unpaired) electrons. The Labute approximate surface area is 126 Å². The Hall–Kier alpha value is -2.77. The van der Waals surface area contributed by atoms with E-state index in [1.54, 1.807) is 0 Å². The van der Waals surface area contributed by atoms with Crippen LogP contribution in [0, 0.1) is 0 Å². The molecule has 8 heteroatoms. The van der Waals surface area contributed by atoms with E-state index in [0.717, 1.165) is 10.5 Å². The molecule has 1 aliphatic heterocycles. The Kier molecular flexibility index (Phi) is 3.82. The Morgan fingerprint density at radius 3 is 2.86 bits per heavy atom. The van der Waals surface area contributed by atoms with Crippen molar-refractivity contribution >= 4 is 12.0 Å². The summed E-state index contributed by atoms with van der Waals surface area (Å²) in [5.41, 5.74) is 1.07. The molecule has 1 aromatic heterocycles. The van der Waals surface area contributed by atoms with Crippen molar-refractivity contribution in [2.75, 3.05) is 13.7 Å². The summed E-state index contributed by atoms with van der Waals surface area (Å²) < 4.78 is 4.57. The fraction of sp³-hybridized carbons (Fsp3) is 0.357. The molecule has 1 aromatic carbocycles. The van der Waals surface area contributed by atoms with Crippen molar-refractivity contribution in [3.8, 4) is 0 Å². The highest BCUT2D eigenvalue weighted by Crippen LogP contribution is 2.22. The van der Waals surface area contributed by atoms with Crippen molar-refractivity contribution in [2.24, 2.45) is 0 Å². The minimum absolute atomic E-state index is 0.297. The summed E-state index contributed by atoms with van der Waals surface area (Å²) in [6.07, 6.45) is 0.342. The molecule has 1 unspecified atom stereocenters. The van der Waals surface area contributed by atoms with E-state index < -0.39 is 12.1 Å². The molecule has 0 saturated carbocycles. The monoisotopic (exact) mass is 301 g/mol. The first-order valence-electron chi connectivity index (χ1n) is 6.90. The Morgan fingerprint density at radius 2 is 2.14 bits per heavy atom. The normalized spacial score (nSPS) is 17.8. The predicted octanol–water partition coefficient (Wildman–Crippen LogP) is 0.804. The van der Waals surface area contributed by atoms with Crippen molar-refractivity contribution in [2.45, 2.75) is 18.9 Å². The van der Waals surface area contributed by atoms with Gasteiger partial charge in [0.05, 0.1) is 7.11 Å². The number of hydrogen-bond donors (Lipinski definition) is 0. The van der Waals surface area contributed by atoms with E-state index >= 15 is 0 Å². The minimum atomic E-state index is -0.655. The average molecular weight is 301 g/mol. The van der Waals surface area contributed by atoms with E-state index in [0.29, 0.717) is 25.2 Å². The molecule has 2 aromatic rings. The SMILES string of the molecule is COC(=O)N1CCC(n2nnc(Cc3ccccc3)n2)C1=O. The maximum absolute atomic E-state index is 12.2. The average Bonchev–Trinajstić information content (AvgIpc) is 3.14. The number of amides is 2. The first-order valence-corrected chi connectivity index (χ1v) is 6.90. The highest BCUT2D eigenvalue weighted by Gasteiger charge is 2.38. The number of hydrogen-bond acceptors (Lipinski definition) is 6. The lowest BCUT2D eigenvalue weighted by Gasteiger charge is -2.11. The quantitative estimate of drug-likeness (QED) is 0.833.